The number of thiophene rings is 1. The lowest BCUT2D eigenvalue weighted by Gasteiger charge is -2.12. The second-order valence-electron chi connectivity index (χ2n) is 5.08. The molecule has 2 aromatic rings. The quantitative estimate of drug-likeness (QED) is 0.750. The lowest BCUT2D eigenvalue weighted by atomic mass is 10.3. The molecule has 0 unspecified atom stereocenters. The number of hydrogen-bond acceptors (Lipinski definition) is 5. The van der Waals surface area contributed by atoms with E-state index in [1.165, 1.54) is 13.0 Å². The molecule has 0 radical (unpaired) electrons. The summed E-state index contributed by atoms with van der Waals surface area (Å²) in [5.74, 6) is 0.339. The van der Waals surface area contributed by atoms with Crippen LogP contribution in [0.2, 0.25) is 0 Å². The van der Waals surface area contributed by atoms with Gasteiger partial charge >= 0.3 is 0 Å². The number of rotatable bonds is 8. The number of para-hydroxylation sites is 2. The van der Waals surface area contributed by atoms with Gasteiger partial charge in [0, 0.05) is 11.8 Å². The third-order valence-electron chi connectivity index (χ3n) is 3.01. The van der Waals surface area contributed by atoms with Gasteiger partial charge in [0.2, 0.25) is 5.91 Å². The van der Waals surface area contributed by atoms with Crippen LogP contribution in [0.1, 0.15) is 25.1 Å². The van der Waals surface area contributed by atoms with Crippen LogP contribution in [-0.2, 0) is 21.4 Å². The summed E-state index contributed by atoms with van der Waals surface area (Å²) in [6.45, 7) is 4.22. The lowest BCUT2D eigenvalue weighted by molar-refractivity contribution is -0.119. The van der Waals surface area contributed by atoms with Gasteiger partial charge in [-0.05, 0) is 30.7 Å². The van der Waals surface area contributed by atoms with Gasteiger partial charge in [-0.3, -0.25) is 9.52 Å². The molecular formula is C16H20N2O4S2. The molecule has 6 nitrogen and oxygen atoms in total. The first-order chi connectivity index (χ1) is 11.4. The molecular weight excluding hydrogens is 348 g/mol. The van der Waals surface area contributed by atoms with Crippen molar-refractivity contribution in [2.24, 2.45) is 0 Å². The highest BCUT2D eigenvalue weighted by Crippen LogP contribution is 2.29. The Bertz CT molecular complexity index is 800. The minimum Gasteiger partial charge on any atom is -0.491 e. The zero-order valence-corrected chi connectivity index (χ0v) is 15.2. The Morgan fingerprint density at radius 3 is 2.67 bits per heavy atom. The molecule has 0 aliphatic carbocycles. The summed E-state index contributed by atoms with van der Waals surface area (Å²) in [4.78, 5) is 11.7. The smallest absolute Gasteiger partial charge is 0.271 e. The molecule has 0 bridgehead atoms. The van der Waals surface area contributed by atoms with Crippen molar-refractivity contribution in [3.8, 4) is 5.75 Å². The number of anilines is 1. The van der Waals surface area contributed by atoms with Crippen LogP contribution in [0.5, 0.6) is 5.75 Å². The summed E-state index contributed by atoms with van der Waals surface area (Å²) in [5.41, 5.74) is 0.405. The standard InChI is InChI=1S/C16H20N2O4S2/c1-3-10-22-15-7-5-4-6-14(15)18-24(20,21)16-9-8-13(23-16)11-17-12(2)19/h4-9,18H,3,10-11H2,1-2H3,(H,17,19). The predicted octanol–water partition coefficient (Wildman–Crippen LogP) is 2.97. The van der Waals surface area contributed by atoms with E-state index in [1.807, 2.05) is 6.92 Å². The Kier molecular flexibility index (Phi) is 6.22. The third-order valence-corrected chi connectivity index (χ3v) is 5.95. The van der Waals surface area contributed by atoms with Gasteiger partial charge in [-0.2, -0.15) is 0 Å². The van der Waals surface area contributed by atoms with Crippen LogP contribution in [0.4, 0.5) is 5.69 Å². The number of sulfonamides is 1. The van der Waals surface area contributed by atoms with Crippen LogP contribution in [0.15, 0.2) is 40.6 Å². The van der Waals surface area contributed by atoms with Gasteiger partial charge in [0.25, 0.3) is 10.0 Å². The molecule has 1 aromatic carbocycles. The van der Waals surface area contributed by atoms with Crippen molar-refractivity contribution in [3.05, 3.63) is 41.3 Å². The summed E-state index contributed by atoms with van der Waals surface area (Å²) in [5, 5.41) is 2.64. The third kappa shape index (κ3) is 4.97. The maximum atomic E-state index is 12.5. The summed E-state index contributed by atoms with van der Waals surface area (Å²) >= 11 is 1.12. The maximum Gasteiger partial charge on any atom is 0.271 e. The van der Waals surface area contributed by atoms with Crippen LogP contribution in [0.3, 0.4) is 0 Å². The molecule has 24 heavy (non-hydrogen) atoms. The highest BCUT2D eigenvalue weighted by Gasteiger charge is 2.19. The number of amides is 1. The Labute approximate surface area is 145 Å². The normalized spacial score (nSPS) is 11.1. The number of carbonyl (C=O) groups is 1. The molecule has 1 aromatic heterocycles. The average Bonchev–Trinajstić information content (AvgIpc) is 3.02. The van der Waals surface area contributed by atoms with Gasteiger partial charge in [-0.25, -0.2) is 8.42 Å². The van der Waals surface area contributed by atoms with E-state index in [0.717, 1.165) is 22.6 Å². The van der Waals surface area contributed by atoms with E-state index < -0.39 is 10.0 Å². The van der Waals surface area contributed by atoms with Crippen LogP contribution in [0.25, 0.3) is 0 Å². The Hall–Kier alpha value is -2.06. The first kappa shape index (κ1) is 18.3. The van der Waals surface area contributed by atoms with E-state index in [-0.39, 0.29) is 10.1 Å². The Balaban J connectivity index is 2.15. The van der Waals surface area contributed by atoms with Crippen molar-refractivity contribution in [3.63, 3.8) is 0 Å². The predicted molar refractivity (Wildman–Crippen MR) is 94.9 cm³/mol. The minimum absolute atomic E-state index is 0.159. The van der Waals surface area contributed by atoms with Gasteiger partial charge < -0.3 is 10.1 Å². The molecule has 2 rings (SSSR count). The molecule has 0 saturated carbocycles. The molecule has 0 saturated heterocycles. The summed E-state index contributed by atoms with van der Waals surface area (Å²) < 4.78 is 33.4. The topological polar surface area (TPSA) is 84.5 Å². The van der Waals surface area contributed by atoms with E-state index >= 15 is 0 Å². The van der Waals surface area contributed by atoms with Crippen LogP contribution < -0.4 is 14.8 Å². The van der Waals surface area contributed by atoms with Crippen molar-refractivity contribution in [1.82, 2.24) is 5.32 Å². The van der Waals surface area contributed by atoms with Gasteiger partial charge in [0.15, 0.2) is 0 Å². The van der Waals surface area contributed by atoms with Crippen molar-refractivity contribution < 1.29 is 17.9 Å². The fraction of sp³-hybridized carbons (Fsp3) is 0.312. The van der Waals surface area contributed by atoms with E-state index in [0.29, 0.717) is 24.6 Å². The van der Waals surface area contributed by atoms with Crippen LogP contribution in [-0.4, -0.2) is 20.9 Å². The average molecular weight is 368 g/mol. The molecule has 0 spiro atoms. The van der Waals surface area contributed by atoms with Gasteiger partial charge in [-0.1, -0.05) is 19.1 Å². The van der Waals surface area contributed by atoms with Gasteiger partial charge in [-0.15, -0.1) is 11.3 Å². The summed E-state index contributed by atoms with van der Waals surface area (Å²) in [6.07, 6.45) is 0.832. The number of hydrogen-bond donors (Lipinski definition) is 2. The zero-order valence-electron chi connectivity index (χ0n) is 13.5. The molecule has 1 heterocycles. The fourth-order valence-corrected chi connectivity index (χ4v) is 4.26. The lowest BCUT2D eigenvalue weighted by Crippen LogP contribution is -2.18. The largest absolute Gasteiger partial charge is 0.491 e. The van der Waals surface area contributed by atoms with Crippen molar-refractivity contribution in [1.29, 1.82) is 0 Å². The highest BCUT2D eigenvalue weighted by molar-refractivity contribution is 7.94. The first-order valence-electron chi connectivity index (χ1n) is 7.50. The second kappa shape index (κ2) is 8.16. The molecule has 0 atom stereocenters. The number of ether oxygens (including phenoxy) is 1. The highest BCUT2D eigenvalue weighted by atomic mass is 32.2. The summed E-state index contributed by atoms with van der Waals surface area (Å²) in [7, 11) is -3.70. The fourth-order valence-electron chi connectivity index (χ4n) is 1.89. The van der Waals surface area contributed by atoms with E-state index in [1.54, 1.807) is 30.3 Å². The second-order valence-corrected chi connectivity index (χ2v) is 8.16. The molecule has 8 heteroatoms. The molecule has 130 valence electrons. The van der Waals surface area contributed by atoms with Crippen molar-refractivity contribution in [2.45, 2.75) is 31.0 Å². The van der Waals surface area contributed by atoms with E-state index in [9.17, 15) is 13.2 Å². The van der Waals surface area contributed by atoms with E-state index in [4.69, 9.17) is 4.74 Å². The summed E-state index contributed by atoms with van der Waals surface area (Å²) in [6, 6.07) is 10.1. The molecule has 0 aliphatic rings. The van der Waals surface area contributed by atoms with Gasteiger partial charge in [0.1, 0.15) is 9.96 Å². The molecule has 0 aliphatic heterocycles. The Morgan fingerprint density at radius 1 is 1.21 bits per heavy atom. The first-order valence-corrected chi connectivity index (χ1v) is 9.80. The maximum absolute atomic E-state index is 12.5. The molecule has 2 N–H and O–H groups in total. The number of benzene rings is 1. The molecule has 1 amide bonds. The zero-order chi connectivity index (χ0) is 17.6. The minimum atomic E-state index is -3.70. The van der Waals surface area contributed by atoms with Gasteiger partial charge in [0.05, 0.1) is 18.8 Å². The van der Waals surface area contributed by atoms with Crippen molar-refractivity contribution in [2.75, 3.05) is 11.3 Å². The SMILES string of the molecule is CCCOc1ccccc1NS(=O)(=O)c1ccc(CNC(C)=O)s1. The number of nitrogens with one attached hydrogen (secondary N) is 2. The van der Waals surface area contributed by atoms with E-state index in [2.05, 4.69) is 10.0 Å². The van der Waals surface area contributed by atoms with Crippen LogP contribution in [0, 0.1) is 0 Å². The monoisotopic (exact) mass is 368 g/mol. The van der Waals surface area contributed by atoms with Crippen molar-refractivity contribution >= 4 is 33.0 Å². The number of carbonyl (C=O) groups excluding carboxylic acids is 1. The molecule has 0 fully saturated rings. The Morgan fingerprint density at radius 2 is 1.96 bits per heavy atom. The van der Waals surface area contributed by atoms with Crippen LogP contribution >= 0.6 is 11.3 Å².